The van der Waals surface area contributed by atoms with E-state index in [1.54, 1.807) is 19.2 Å². The quantitative estimate of drug-likeness (QED) is 0.804. The third-order valence-electron chi connectivity index (χ3n) is 3.22. The Bertz CT molecular complexity index is 683. The Labute approximate surface area is 143 Å². The van der Waals surface area contributed by atoms with Crippen molar-refractivity contribution in [2.24, 2.45) is 0 Å². The van der Waals surface area contributed by atoms with E-state index in [0.717, 1.165) is 16.4 Å². The second-order valence-corrected chi connectivity index (χ2v) is 5.01. The number of aromatic nitrogens is 2. The number of carbonyl (C=O) groups excluding carboxylic acids is 1. The molecule has 0 atom stereocenters. The van der Waals surface area contributed by atoms with Gasteiger partial charge in [0, 0.05) is 13.1 Å². The predicted molar refractivity (Wildman–Crippen MR) is 86.8 cm³/mol. The molecule has 0 aliphatic heterocycles. The van der Waals surface area contributed by atoms with Crippen LogP contribution in [-0.2, 0) is 6.18 Å². The molecule has 2 rings (SSSR count). The van der Waals surface area contributed by atoms with Gasteiger partial charge in [0.15, 0.2) is 5.69 Å². The van der Waals surface area contributed by atoms with Gasteiger partial charge in [-0.15, -0.1) is 12.4 Å². The first-order chi connectivity index (χ1) is 10.8. The molecule has 0 radical (unpaired) electrons. The molecule has 0 fully saturated rings. The SMILES string of the molecule is CNCCNC(=O)c1cnn(-c2ccc(C)cc2)c1C(F)(F)F.Cl. The predicted octanol–water partition coefficient (Wildman–Crippen LogP) is 2.57. The molecule has 1 heterocycles. The Hall–Kier alpha value is -2.06. The molecule has 0 saturated heterocycles. The Balaban J connectivity index is 0.00000288. The zero-order valence-corrected chi connectivity index (χ0v) is 14.0. The number of hydrogen-bond acceptors (Lipinski definition) is 3. The molecular weight excluding hydrogens is 345 g/mol. The second-order valence-electron chi connectivity index (χ2n) is 5.01. The summed E-state index contributed by atoms with van der Waals surface area (Å²) in [5, 5.41) is 8.98. The minimum absolute atomic E-state index is 0. The van der Waals surface area contributed by atoms with Crippen LogP contribution in [0.2, 0.25) is 0 Å². The number of carbonyl (C=O) groups is 1. The van der Waals surface area contributed by atoms with Gasteiger partial charge < -0.3 is 10.6 Å². The highest BCUT2D eigenvalue weighted by Crippen LogP contribution is 2.33. The Morgan fingerprint density at radius 1 is 1.21 bits per heavy atom. The molecule has 5 nitrogen and oxygen atoms in total. The third kappa shape index (κ3) is 4.48. The molecule has 1 aromatic heterocycles. The first kappa shape index (κ1) is 20.0. The fraction of sp³-hybridized carbons (Fsp3) is 0.333. The molecule has 24 heavy (non-hydrogen) atoms. The van der Waals surface area contributed by atoms with Crippen molar-refractivity contribution in [3.63, 3.8) is 0 Å². The van der Waals surface area contributed by atoms with Crippen LogP contribution in [0.3, 0.4) is 0 Å². The van der Waals surface area contributed by atoms with E-state index in [1.165, 1.54) is 12.1 Å². The Kier molecular flexibility index (Phi) is 6.80. The number of likely N-dealkylation sites (N-methyl/N-ethyl adjacent to an activating group) is 1. The van der Waals surface area contributed by atoms with Crippen molar-refractivity contribution < 1.29 is 18.0 Å². The summed E-state index contributed by atoms with van der Waals surface area (Å²) in [5.41, 5.74) is -0.408. The molecule has 0 bridgehead atoms. The summed E-state index contributed by atoms with van der Waals surface area (Å²) in [6.45, 7) is 2.51. The van der Waals surface area contributed by atoms with E-state index in [2.05, 4.69) is 15.7 Å². The van der Waals surface area contributed by atoms with Gasteiger partial charge in [0.05, 0.1) is 17.4 Å². The number of hydrogen-bond donors (Lipinski definition) is 2. The first-order valence-electron chi connectivity index (χ1n) is 6.99. The third-order valence-corrected chi connectivity index (χ3v) is 3.22. The highest BCUT2D eigenvalue weighted by molar-refractivity contribution is 5.95. The average Bonchev–Trinajstić information content (AvgIpc) is 2.93. The normalized spacial score (nSPS) is 11.0. The zero-order chi connectivity index (χ0) is 17.0. The van der Waals surface area contributed by atoms with E-state index in [-0.39, 0.29) is 24.6 Å². The highest BCUT2D eigenvalue weighted by atomic mass is 35.5. The zero-order valence-electron chi connectivity index (χ0n) is 13.1. The van der Waals surface area contributed by atoms with E-state index in [0.29, 0.717) is 6.54 Å². The summed E-state index contributed by atoms with van der Waals surface area (Å²) >= 11 is 0. The summed E-state index contributed by atoms with van der Waals surface area (Å²) in [5.74, 6) is -0.800. The van der Waals surface area contributed by atoms with Crippen LogP contribution in [0, 0.1) is 6.92 Å². The summed E-state index contributed by atoms with van der Waals surface area (Å²) in [7, 11) is 1.68. The first-order valence-corrected chi connectivity index (χ1v) is 6.99. The van der Waals surface area contributed by atoms with Crippen LogP contribution in [0.4, 0.5) is 13.2 Å². The lowest BCUT2D eigenvalue weighted by atomic mass is 10.2. The van der Waals surface area contributed by atoms with Gasteiger partial charge in [0.25, 0.3) is 5.91 Å². The summed E-state index contributed by atoms with van der Waals surface area (Å²) in [6.07, 6.45) is -3.76. The lowest BCUT2D eigenvalue weighted by Gasteiger charge is -2.13. The van der Waals surface area contributed by atoms with Gasteiger partial charge in [-0.25, -0.2) is 4.68 Å². The molecule has 0 aliphatic rings. The van der Waals surface area contributed by atoms with Crippen molar-refractivity contribution in [1.82, 2.24) is 20.4 Å². The van der Waals surface area contributed by atoms with Crippen LogP contribution < -0.4 is 10.6 Å². The van der Waals surface area contributed by atoms with Crippen molar-refractivity contribution in [2.45, 2.75) is 13.1 Å². The van der Waals surface area contributed by atoms with Gasteiger partial charge in [-0.1, -0.05) is 17.7 Å². The number of halogens is 4. The van der Waals surface area contributed by atoms with E-state index in [1.807, 2.05) is 6.92 Å². The molecule has 2 N–H and O–H groups in total. The maximum atomic E-state index is 13.4. The van der Waals surface area contributed by atoms with Crippen LogP contribution in [0.25, 0.3) is 5.69 Å². The van der Waals surface area contributed by atoms with Gasteiger partial charge in [0.2, 0.25) is 0 Å². The maximum absolute atomic E-state index is 13.4. The molecule has 2 aromatic rings. The summed E-state index contributed by atoms with van der Waals surface area (Å²) in [6, 6.07) is 6.42. The van der Waals surface area contributed by atoms with Gasteiger partial charge >= 0.3 is 6.18 Å². The minimum Gasteiger partial charge on any atom is -0.351 e. The monoisotopic (exact) mass is 362 g/mol. The lowest BCUT2D eigenvalue weighted by Crippen LogP contribution is -2.31. The molecule has 0 spiro atoms. The van der Waals surface area contributed by atoms with E-state index < -0.39 is 23.3 Å². The van der Waals surface area contributed by atoms with Crippen molar-refractivity contribution in [3.8, 4) is 5.69 Å². The van der Waals surface area contributed by atoms with Crippen LogP contribution >= 0.6 is 12.4 Å². The molecule has 0 aliphatic carbocycles. The van der Waals surface area contributed by atoms with Crippen LogP contribution in [0.15, 0.2) is 30.5 Å². The molecule has 132 valence electrons. The van der Waals surface area contributed by atoms with Crippen LogP contribution in [-0.4, -0.2) is 35.8 Å². The number of rotatable bonds is 5. The molecule has 1 amide bonds. The highest BCUT2D eigenvalue weighted by Gasteiger charge is 2.40. The van der Waals surface area contributed by atoms with Crippen molar-refractivity contribution in [3.05, 3.63) is 47.3 Å². The van der Waals surface area contributed by atoms with E-state index in [4.69, 9.17) is 0 Å². The molecule has 1 aromatic carbocycles. The lowest BCUT2D eigenvalue weighted by molar-refractivity contribution is -0.143. The number of amides is 1. The Morgan fingerprint density at radius 2 is 1.83 bits per heavy atom. The second kappa shape index (κ2) is 8.16. The van der Waals surface area contributed by atoms with Crippen molar-refractivity contribution >= 4 is 18.3 Å². The van der Waals surface area contributed by atoms with Gasteiger partial charge in [0.1, 0.15) is 0 Å². The standard InChI is InChI=1S/C15H17F3N4O.ClH/c1-10-3-5-11(6-4-10)22-13(15(16,17)18)12(9-21-22)14(23)20-8-7-19-2;/h3-6,9,19H,7-8H2,1-2H3,(H,20,23);1H. The number of alkyl halides is 3. The molecule has 0 saturated carbocycles. The van der Waals surface area contributed by atoms with Crippen LogP contribution in [0.5, 0.6) is 0 Å². The average molecular weight is 363 g/mol. The summed E-state index contributed by atoms with van der Waals surface area (Å²) in [4.78, 5) is 12.0. The topological polar surface area (TPSA) is 58.9 Å². The number of aryl methyl sites for hydroxylation is 1. The van der Waals surface area contributed by atoms with E-state index in [9.17, 15) is 18.0 Å². The largest absolute Gasteiger partial charge is 0.434 e. The Morgan fingerprint density at radius 3 is 2.38 bits per heavy atom. The van der Waals surface area contributed by atoms with Gasteiger partial charge in [-0.3, -0.25) is 4.79 Å². The number of benzene rings is 1. The summed E-state index contributed by atoms with van der Waals surface area (Å²) < 4.78 is 41.0. The molecular formula is C15H18ClF3N4O. The number of nitrogens with zero attached hydrogens (tertiary/aromatic N) is 2. The minimum atomic E-state index is -4.70. The maximum Gasteiger partial charge on any atom is 0.434 e. The molecule has 9 heteroatoms. The smallest absolute Gasteiger partial charge is 0.351 e. The fourth-order valence-corrected chi connectivity index (χ4v) is 2.07. The van der Waals surface area contributed by atoms with Crippen molar-refractivity contribution in [1.29, 1.82) is 0 Å². The van der Waals surface area contributed by atoms with Crippen LogP contribution in [0.1, 0.15) is 21.6 Å². The van der Waals surface area contributed by atoms with E-state index >= 15 is 0 Å². The van der Waals surface area contributed by atoms with Crippen molar-refractivity contribution in [2.75, 3.05) is 20.1 Å². The fourth-order valence-electron chi connectivity index (χ4n) is 2.07. The number of nitrogens with one attached hydrogen (secondary N) is 2. The van der Waals surface area contributed by atoms with Gasteiger partial charge in [-0.05, 0) is 26.1 Å². The molecule has 0 unspecified atom stereocenters. The van der Waals surface area contributed by atoms with Gasteiger partial charge in [-0.2, -0.15) is 18.3 Å².